The molecule has 5 heteroatoms. The van der Waals surface area contributed by atoms with Crippen molar-refractivity contribution in [1.82, 2.24) is 19.7 Å². The van der Waals surface area contributed by atoms with E-state index in [4.69, 9.17) is 4.98 Å². The quantitative estimate of drug-likeness (QED) is 0.755. The zero-order valence-electron chi connectivity index (χ0n) is 15.4. The molecule has 1 saturated carbocycles. The minimum absolute atomic E-state index is 0.185. The van der Waals surface area contributed by atoms with Crippen LogP contribution < -0.4 is 5.32 Å². The van der Waals surface area contributed by atoms with E-state index in [9.17, 15) is 0 Å². The van der Waals surface area contributed by atoms with Crippen LogP contribution in [0.3, 0.4) is 0 Å². The fourth-order valence-corrected chi connectivity index (χ4v) is 4.10. The summed E-state index contributed by atoms with van der Waals surface area (Å²) in [5.41, 5.74) is 4.55. The summed E-state index contributed by atoms with van der Waals surface area (Å²) in [6.45, 7) is 2.87. The highest BCUT2D eigenvalue weighted by atomic mass is 15.3. The summed E-state index contributed by atoms with van der Waals surface area (Å²) >= 11 is 0. The molecule has 0 saturated heterocycles. The smallest absolute Gasteiger partial charge is 0.223 e. The predicted molar refractivity (Wildman–Crippen MR) is 104 cm³/mol. The van der Waals surface area contributed by atoms with Crippen LogP contribution >= 0.6 is 0 Å². The van der Waals surface area contributed by atoms with Crippen molar-refractivity contribution in [2.75, 3.05) is 11.9 Å². The Morgan fingerprint density at radius 2 is 1.88 bits per heavy atom. The molecule has 5 nitrogen and oxygen atoms in total. The van der Waals surface area contributed by atoms with E-state index in [0.717, 1.165) is 23.5 Å². The number of nitrogens with one attached hydrogen (secondary N) is 1. The first-order valence-electron chi connectivity index (χ1n) is 9.29. The Hall–Kier alpha value is -2.69. The number of rotatable bonds is 5. The Morgan fingerprint density at radius 3 is 2.58 bits per heavy atom. The maximum absolute atomic E-state index is 4.73. The molecule has 134 valence electrons. The molecule has 1 aromatic carbocycles. The number of aromatic nitrogens is 4. The summed E-state index contributed by atoms with van der Waals surface area (Å²) in [4.78, 5) is 9.17. The molecule has 2 heterocycles. The van der Waals surface area contributed by atoms with Gasteiger partial charge in [-0.2, -0.15) is 5.10 Å². The van der Waals surface area contributed by atoms with Crippen molar-refractivity contribution in [1.29, 1.82) is 0 Å². The maximum Gasteiger partial charge on any atom is 0.223 e. The lowest BCUT2D eigenvalue weighted by Gasteiger charge is -2.30. The Balaban J connectivity index is 1.56. The van der Waals surface area contributed by atoms with Gasteiger partial charge in [-0.3, -0.25) is 4.68 Å². The van der Waals surface area contributed by atoms with Gasteiger partial charge in [0, 0.05) is 37.0 Å². The first-order valence-corrected chi connectivity index (χ1v) is 9.29. The van der Waals surface area contributed by atoms with E-state index >= 15 is 0 Å². The van der Waals surface area contributed by atoms with E-state index in [-0.39, 0.29) is 5.41 Å². The molecule has 0 aliphatic heterocycles. The second-order valence-corrected chi connectivity index (χ2v) is 7.27. The summed E-state index contributed by atoms with van der Waals surface area (Å²) in [6.07, 6.45) is 8.82. The molecule has 0 spiro atoms. The second-order valence-electron chi connectivity index (χ2n) is 7.27. The van der Waals surface area contributed by atoms with E-state index in [1.165, 1.54) is 31.2 Å². The molecule has 2 aromatic heterocycles. The summed E-state index contributed by atoms with van der Waals surface area (Å²) < 4.78 is 1.82. The van der Waals surface area contributed by atoms with Crippen molar-refractivity contribution in [2.45, 2.75) is 38.0 Å². The van der Waals surface area contributed by atoms with Gasteiger partial charge in [-0.25, -0.2) is 9.97 Å². The Labute approximate surface area is 154 Å². The average molecular weight is 347 g/mol. The van der Waals surface area contributed by atoms with Gasteiger partial charge in [-0.1, -0.05) is 43.2 Å². The zero-order valence-corrected chi connectivity index (χ0v) is 15.4. The van der Waals surface area contributed by atoms with Crippen LogP contribution in [0.15, 0.2) is 48.8 Å². The molecule has 26 heavy (non-hydrogen) atoms. The van der Waals surface area contributed by atoms with E-state index in [1.807, 2.05) is 37.1 Å². The highest BCUT2D eigenvalue weighted by Gasteiger charge is 2.35. The summed E-state index contributed by atoms with van der Waals surface area (Å²) in [7, 11) is 1.93. The van der Waals surface area contributed by atoms with Gasteiger partial charge in [0.1, 0.15) is 0 Å². The SMILES string of the molecule is Cc1nn(C)cc1-c1ccnc(NCC2(c3ccccc3)CCCC2)n1. The molecule has 0 radical (unpaired) electrons. The molecule has 4 rings (SSSR count). The van der Waals surface area contributed by atoms with Gasteiger partial charge in [0.2, 0.25) is 5.95 Å². The standard InChI is InChI=1S/C21H25N5/c1-16-18(14-26(2)25-16)19-10-13-22-20(24-19)23-15-21(11-6-7-12-21)17-8-4-3-5-9-17/h3-5,8-10,13-14H,6-7,11-12,15H2,1-2H3,(H,22,23,24). The van der Waals surface area contributed by atoms with Crippen LogP contribution in [0.2, 0.25) is 0 Å². The lowest BCUT2D eigenvalue weighted by Crippen LogP contribution is -2.31. The molecule has 0 bridgehead atoms. The maximum atomic E-state index is 4.73. The highest BCUT2D eigenvalue weighted by molar-refractivity contribution is 5.61. The van der Waals surface area contributed by atoms with Crippen molar-refractivity contribution < 1.29 is 0 Å². The first-order chi connectivity index (χ1) is 12.7. The molecule has 1 aliphatic carbocycles. The van der Waals surface area contributed by atoms with Crippen LogP contribution in [-0.2, 0) is 12.5 Å². The minimum Gasteiger partial charge on any atom is -0.353 e. The Morgan fingerprint density at radius 1 is 1.12 bits per heavy atom. The van der Waals surface area contributed by atoms with Crippen molar-refractivity contribution in [2.24, 2.45) is 7.05 Å². The van der Waals surface area contributed by atoms with E-state index in [0.29, 0.717) is 5.95 Å². The summed E-state index contributed by atoms with van der Waals surface area (Å²) in [6, 6.07) is 12.8. The van der Waals surface area contributed by atoms with Gasteiger partial charge in [-0.15, -0.1) is 0 Å². The number of hydrogen-bond acceptors (Lipinski definition) is 4. The van der Waals surface area contributed by atoms with Crippen LogP contribution in [0.1, 0.15) is 36.9 Å². The summed E-state index contributed by atoms with van der Waals surface area (Å²) in [5.74, 6) is 0.688. The van der Waals surface area contributed by atoms with E-state index in [1.54, 1.807) is 0 Å². The average Bonchev–Trinajstić information content (AvgIpc) is 3.28. The van der Waals surface area contributed by atoms with Gasteiger partial charge in [0.15, 0.2) is 0 Å². The van der Waals surface area contributed by atoms with Crippen LogP contribution in [0.5, 0.6) is 0 Å². The molecule has 1 N–H and O–H groups in total. The molecular formula is C21H25N5. The molecule has 1 fully saturated rings. The number of aryl methyl sites for hydroxylation is 2. The third-order valence-corrected chi connectivity index (χ3v) is 5.48. The largest absolute Gasteiger partial charge is 0.353 e. The van der Waals surface area contributed by atoms with Gasteiger partial charge < -0.3 is 5.32 Å². The second kappa shape index (κ2) is 6.90. The van der Waals surface area contributed by atoms with Crippen LogP contribution in [0.25, 0.3) is 11.3 Å². The van der Waals surface area contributed by atoms with Gasteiger partial charge in [0.05, 0.1) is 11.4 Å². The first kappa shape index (κ1) is 16.8. The normalized spacial score (nSPS) is 15.9. The third kappa shape index (κ3) is 3.21. The fraction of sp³-hybridized carbons (Fsp3) is 0.381. The van der Waals surface area contributed by atoms with Crippen LogP contribution in [-0.4, -0.2) is 26.3 Å². The zero-order chi connectivity index (χ0) is 18.0. The molecular weight excluding hydrogens is 322 g/mol. The van der Waals surface area contributed by atoms with Gasteiger partial charge >= 0.3 is 0 Å². The fourth-order valence-electron chi connectivity index (χ4n) is 4.10. The lowest BCUT2D eigenvalue weighted by molar-refractivity contribution is 0.465. The molecule has 0 atom stereocenters. The van der Waals surface area contributed by atoms with Crippen LogP contribution in [0, 0.1) is 6.92 Å². The third-order valence-electron chi connectivity index (χ3n) is 5.48. The summed E-state index contributed by atoms with van der Waals surface area (Å²) in [5, 5.41) is 7.93. The lowest BCUT2D eigenvalue weighted by atomic mass is 9.79. The Bertz CT molecular complexity index is 878. The number of anilines is 1. The molecule has 0 amide bonds. The number of hydrogen-bond donors (Lipinski definition) is 1. The van der Waals surface area contributed by atoms with Crippen molar-refractivity contribution in [3.05, 3.63) is 60.0 Å². The Kier molecular flexibility index (Phi) is 4.45. The monoisotopic (exact) mass is 347 g/mol. The molecule has 3 aromatic rings. The highest BCUT2D eigenvalue weighted by Crippen LogP contribution is 2.41. The van der Waals surface area contributed by atoms with Gasteiger partial charge in [0.25, 0.3) is 0 Å². The van der Waals surface area contributed by atoms with Crippen molar-refractivity contribution in [3.63, 3.8) is 0 Å². The van der Waals surface area contributed by atoms with Gasteiger partial charge in [-0.05, 0) is 31.4 Å². The van der Waals surface area contributed by atoms with Crippen LogP contribution in [0.4, 0.5) is 5.95 Å². The van der Waals surface area contributed by atoms with E-state index < -0.39 is 0 Å². The van der Waals surface area contributed by atoms with E-state index in [2.05, 4.69) is 45.7 Å². The molecule has 0 unspecified atom stereocenters. The van der Waals surface area contributed by atoms with Crippen molar-refractivity contribution in [3.8, 4) is 11.3 Å². The number of benzene rings is 1. The van der Waals surface area contributed by atoms with Crippen molar-refractivity contribution >= 4 is 5.95 Å². The minimum atomic E-state index is 0.185. The predicted octanol–water partition coefficient (Wildman–Crippen LogP) is 4.11. The molecule has 1 aliphatic rings. The topological polar surface area (TPSA) is 55.6 Å². The number of nitrogens with zero attached hydrogens (tertiary/aromatic N) is 4.